The third-order valence-corrected chi connectivity index (χ3v) is 1.56. The van der Waals surface area contributed by atoms with Crippen LogP contribution >= 0.6 is 0 Å². The predicted molar refractivity (Wildman–Crippen MR) is 42.4 cm³/mol. The molecule has 68 valence electrons. The van der Waals surface area contributed by atoms with Crippen LogP contribution in [0.4, 0.5) is 0 Å². The molecule has 4 nitrogen and oxygen atoms in total. The van der Waals surface area contributed by atoms with Gasteiger partial charge in [-0.25, -0.2) is 0 Å². The van der Waals surface area contributed by atoms with Crippen molar-refractivity contribution in [3.63, 3.8) is 0 Å². The summed E-state index contributed by atoms with van der Waals surface area (Å²) in [5.41, 5.74) is 0. The molecule has 0 atom stereocenters. The molecule has 1 aromatic heterocycles. The van der Waals surface area contributed by atoms with Gasteiger partial charge in [-0.05, 0) is 6.92 Å². The molecule has 0 aliphatic rings. The molecule has 0 fully saturated rings. The molecular formula is C8H12O4. The summed E-state index contributed by atoms with van der Waals surface area (Å²) >= 11 is 0. The average molecular weight is 172 g/mol. The lowest BCUT2D eigenvalue weighted by Gasteiger charge is -1.98. The summed E-state index contributed by atoms with van der Waals surface area (Å²) in [6.07, 6.45) is 0. The molecule has 1 heterocycles. The first kappa shape index (κ1) is 8.93. The Morgan fingerprint density at radius 1 is 1.42 bits per heavy atom. The summed E-state index contributed by atoms with van der Waals surface area (Å²) < 4.78 is 15.0. The Hall–Kier alpha value is -1.16. The highest BCUT2D eigenvalue weighted by Gasteiger charge is 2.16. The van der Waals surface area contributed by atoms with E-state index >= 15 is 0 Å². The van der Waals surface area contributed by atoms with Gasteiger partial charge < -0.3 is 19.0 Å². The average Bonchev–Trinajstić information content (AvgIpc) is 2.29. The largest absolute Gasteiger partial charge is 0.502 e. The highest BCUT2D eigenvalue weighted by atomic mass is 16.5. The molecule has 12 heavy (non-hydrogen) atoms. The van der Waals surface area contributed by atoms with Crippen LogP contribution in [-0.2, 0) is 11.3 Å². The Kier molecular flexibility index (Phi) is 2.60. The standard InChI is InChI=1S/C8H12O4/c1-5-7(9)8(11-3)6(12-5)4-10-2/h9H,4H2,1-3H3. The van der Waals surface area contributed by atoms with Gasteiger partial charge in [-0.15, -0.1) is 0 Å². The number of hydrogen-bond donors (Lipinski definition) is 1. The van der Waals surface area contributed by atoms with E-state index in [9.17, 15) is 5.11 Å². The Bertz CT molecular complexity index is 264. The van der Waals surface area contributed by atoms with E-state index in [1.54, 1.807) is 14.0 Å². The number of furan rings is 1. The number of aromatic hydroxyl groups is 1. The maximum Gasteiger partial charge on any atom is 0.205 e. The lowest BCUT2D eigenvalue weighted by atomic mass is 10.4. The van der Waals surface area contributed by atoms with Crippen molar-refractivity contribution in [1.29, 1.82) is 0 Å². The highest BCUT2D eigenvalue weighted by Crippen LogP contribution is 2.36. The zero-order valence-corrected chi connectivity index (χ0v) is 7.38. The molecule has 1 rings (SSSR count). The quantitative estimate of drug-likeness (QED) is 0.749. The molecule has 0 unspecified atom stereocenters. The van der Waals surface area contributed by atoms with Crippen molar-refractivity contribution in [2.75, 3.05) is 14.2 Å². The Labute approximate surface area is 70.7 Å². The van der Waals surface area contributed by atoms with E-state index in [1.807, 2.05) is 0 Å². The minimum atomic E-state index is 0.0459. The maximum atomic E-state index is 9.37. The zero-order valence-electron chi connectivity index (χ0n) is 7.38. The van der Waals surface area contributed by atoms with Crippen molar-refractivity contribution in [1.82, 2.24) is 0 Å². The van der Waals surface area contributed by atoms with E-state index in [-0.39, 0.29) is 5.75 Å². The molecule has 4 heteroatoms. The second kappa shape index (κ2) is 3.49. The minimum Gasteiger partial charge on any atom is -0.502 e. The van der Waals surface area contributed by atoms with E-state index in [0.29, 0.717) is 23.9 Å². The number of hydrogen-bond acceptors (Lipinski definition) is 4. The Balaban J connectivity index is 3.02. The monoisotopic (exact) mass is 172 g/mol. The van der Waals surface area contributed by atoms with E-state index in [1.165, 1.54) is 7.11 Å². The fourth-order valence-electron chi connectivity index (χ4n) is 1.01. The summed E-state index contributed by atoms with van der Waals surface area (Å²) in [7, 11) is 3.03. The van der Waals surface area contributed by atoms with Gasteiger partial charge in [0.2, 0.25) is 5.75 Å². The van der Waals surface area contributed by atoms with Crippen LogP contribution in [0, 0.1) is 6.92 Å². The van der Waals surface area contributed by atoms with Gasteiger partial charge in [0.25, 0.3) is 0 Å². The normalized spacial score (nSPS) is 10.2. The summed E-state index contributed by atoms with van der Waals surface area (Å²) in [6, 6.07) is 0. The maximum absolute atomic E-state index is 9.37. The van der Waals surface area contributed by atoms with Gasteiger partial charge in [0.15, 0.2) is 11.5 Å². The number of ether oxygens (including phenoxy) is 2. The lowest BCUT2D eigenvalue weighted by Crippen LogP contribution is -1.89. The van der Waals surface area contributed by atoms with Gasteiger partial charge in [-0.3, -0.25) is 0 Å². The SMILES string of the molecule is COCc1oc(C)c(O)c1OC. The van der Waals surface area contributed by atoms with Gasteiger partial charge >= 0.3 is 0 Å². The smallest absolute Gasteiger partial charge is 0.205 e. The van der Waals surface area contributed by atoms with Gasteiger partial charge in [0, 0.05) is 7.11 Å². The molecule has 0 aliphatic carbocycles. The molecular weight excluding hydrogens is 160 g/mol. The van der Waals surface area contributed by atoms with Crippen LogP contribution in [0.1, 0.15) is 11.5 Å². The molecule has 0 saturated carbocycles. The van der Waals surface area contributed by atoms with Crippen molar-refractivity contribution < 1.29 is 19.0 Å². The molecule has 0 radical (unpaired) electrons. The molecule has 0 aromatic carbocycles. The van der Waals surface area contributed by atoms with Crippen molar-refractivity contribution in [3.05, 3.63) is 11.5 Å². The highest BCUT2D eigenvalue weighted by molar-refractivity contribution is 5.44. The van der Waals surface area contributed by atoms with Gasteiger partial charge in [0.05, 0.1) is 7.11 Å². The van der Waals surface area contributed by atoms with Crippen molar-refractivity contribution in [2.45, 2.75) is 13.5 Å². The van der Waals surface area contributed by atoms with Crippen LogP contribution in [0.5, 0.6) is 11.5 Å². The second-order valence-corrected chi connectivity index (χ2v) is 2.40. The third kappa shape index (κ3) is 1.38. The molecule has 0 aliphatic heterocycles. The second-order valence-electron chi connectivity index (χ2n) is 2.40. The van der Waals surface area contributed by atoms with E-state index in [2.05, 4.69) is 0 Å². The fraction of sp³-hybridized carbons (Fsp3) is 0.500. The Morgan fingerprint density at radius 3 is 2.58 bits per heavy atom. The molecule has 0 amide bonds. The van der Waals surface area contributed by atoms with Crippen molar-refractivity contribution in [2.24, 2.45) is 0 Å². The summed E-state index contributed by atoms with van der Waals surface area (Å²) in [4.78, 5) is 0. The van der Waals surface area contributed by atoms with Crippen LogP contribution in [-0.4, -0.2) is 19.3 Å². The van der Waals surface area contributed by atoms with Gasteiger partial charge in [0.1, 0.15) is 12.4 Å². The lowest BCUT2D eigenvalue weighted by molar-refractivity contribution is 0.159. The number of rotatable bonds is 3. The minimum absolute atomic E-state index is 0.0459. The summed E-state index contributed by atoms with van der Waals surface area (Å²) in [5.74, 6) is 1.35. The molecule has 0 bridgehead atoms. The summed E-state index contributed by atoms with van der Waals surface area (Å²) in [6.45, 7) is 1.96. The van der Waals surface area contributed by atoms with E-state index in [0.717, 1.165) is 0 Å². The van der Waals surface area contributed by atoms with Crippen LogP contribution in [0.3, 0.4) is 0 Å². The third-order valence-electron chi connectivity index (χ3n) is 1.56. The predicted octanol–water partition coefficient (Wildman–Crippen LogP) is 1.45. The van der Waals surface area contributed by atoms with Gasteiger partial charge in [-0.2, -0.15) is 0 Å². The van der Waals surface area contributed by atoms with E-state index < -0.39 is 0 Å². The van der Waals surface area contributed by atoms with Gasteiger partial charge in [-0.1, -0.05) is 0 Å². The first-order valence-corrected chi connectivity index (χ1v) is 3.54. The number of aryl methyl sites for hydroxylation is 1. The fourth-order valence-corrected chi connectivity index (χ4v) is 1.01. The van der Waals surface area contributed by atoms with Crippen molar-refractivity contribution >= 4 is 0 Å². The number of methoxy groups -OCH3 is 2. The Morgan fingerprint density at radius 2 is 2.08 bits per heavy atom. The van der Waals surface area contributed by atoms with Crippen LogP contribution in [0.15, 0.2) is 4.42 Å². The van der Waals surface area contributed by atoms with Crippen LogP contribution in [0.25, 0.3) is 0 Å². The molecule has 0 spiro atoms. The van der Waals surface area contributed by atoms with Crippen LogP contribution < -0.4 is 4.74 Å². The topological polar surface area (TPSA) is 51.8 Å². The summed E-state index contributed by atoms with van der Waals surface area (Å²) in [5, 5.41) is 9.37. The first-order valence-electron chi connectivity index (χ1n) is 3.54. The first-order chi connectivity index (χ1) is 5.70. The van der Waals surface area contributed by atoms with Crippen LogP contribution in [0.2, 0.25) is 0 Å². The molecule has 1 aromatic rings. The molecule has 1 N–H and O–H groups in total. The zero-order chi connectivity index (χ0) is 9.14. The molecule has 0 saturated heterocycles. The van der Waals surface area contributed by atoms with E-state index in [4.69, 9.17) is 13.9 Å². The van der Waals surface area contributed by atoms with Crippen molar-refractivity contribution in [3.8, 4) is 11.5 Å².